The summed E-state index contributed by atoms with van der Waals surface area (Å²) in [7, 11) is 2.03. The summed E-state index contributed by atoms with van der Waals surface area (Å²) in [5, 5.41) is 3.34. The van der Waals surface area contributed by atoms with Crippen LogP contribution in [0, 0.1) is 5.92 Å². The summed E-state index contributed by atoms with van der Waals surface area (Å²) in [6.45, 7) is 2.17. The lowest BCUT2D eigenvalue weighted by Gasteiger charge is -2.17. The Hall–Kier alpha value is -1.16. The highest BCUT2D eigenvalue weighted by Gasteiger charge is 2.24. The lowest BCUT2D eigenvalue weighted by atomic mass is 10.2. The summed E-state index contributed by atoms with van der Waals surface area (Å²) in [6.07, 6.45) is 6.83. The van der Waals surface area contributed by atoms with E-state index in [0.717, 1.165) is 31.2 Å². The Morgan fingerprint density at radius 2 is 2.24 bits per heavy atom. The van der Waals surface area contributed by atoms with E-state index in [1.165, 1.54) is 25.0 Å². The fraction of sp³-hybridized carbons (Fsp3) is 0.692. The number of rotatable bonds is 4. The van der Waals surface area contributed by atoms with Crippen LogP contribution in [-0.2, 0) is 6.42 Å². The molecule has 0 spiro atoms. The van der Waals surface area contributed by atoms with Gasteiger partial charge in [-0.2, -0.15) is 0 Å². The minimum Gasteiger partial charge on any atom is -0.355 e. The SMILES string of the molecule is CN[C@@H]1CCN(c2cc(CC3CC3)ncn2)C1. The summed E-state index contributed by atoms with van der Waals surface area (Å²) in [5.74, 6) is 2.00. The van der Waals surface area contributed by atoms with Crippen molar-refractivity contribution in [1.29, 1.82) is 0 Å². The Morgan fingerprint density at radius 1 is 1.35 bits per heavy atom. The third-order valence-electron chi connectivity index (χ3n) is 3.82. The molecule has 2 aliphatic rings. The van der Waals surface area contributed by atoms with E-state index < -0.39 is 0 Å². The van der Waals surface area contributed by atoms with Gasteiger partial charge in [0.05, 0.1) is 0 Å². The molecule has 1 N–H and O–H groups in total. The molecule has 1 atom stereocenters. The standard InChI is InChI=1S/C13H20N4/c1-14-11-4-5-17(8-11)13-7-12(15-9-16-13)6-10-2-3-10/h7,9-11,14H,2-6,8H2,1H3/t11-/m1/s1. The van der Waals surface area contributed by atoms with Crippen molar-refractivity contribution >= 4 is 5.82 Å². The van der Waals surface area contributed by atoms with Crippen LogP contribution in [0.1, 0.15) is 25.0 Å². The van der Waals surface area contributed by atoms with Crippen molar-refractivity contribution in [3.8, 4) is 0 Å². The van der Waals surface area contributed by atoms with Crippen LogP contribution in [0.5, 0.6) is 0 Å². The van der Waals surface area contributed by atoms with Gasteiger partial charge in [0.25, 0.3) is 0 Å². The monoisotopic (exact) mass is 232 g/mol. The largest absolute Gasteiger partial charge is 0.355 e. The lowest BCUT2D eigenvalue weighted by molar-refractivity contribution is 0.616. The second kappa shape index (κ2) is 4.61. The van der Waals surface area contributed by atoms with E-state index in [9.17, 15) is 0 Å². The van der Waals surface area contributed by atoms with Crippen molar-refractivity contribution < 1.29 is 0 Å². The number of likely N-dealkylation sites (N-methyl/N-ethyl adjacent to an activating group) is 1. The van der Waals surface area contributed by atoms with Crippen LogP contribution in [0.25, 0.3) is 0 Å². The summed E-state index contributed by atoms with van der Waals surface area (Å²) in [6, 6.07) is 2.79. The van der Waals surface area contributed by atoms with Crippen molar-refractivity contribution in [3.63, 3.8) is 0 Å². The van der Waals surface area contributed by atoms with Crippen molar-refractivity contribution in [3.05, 3.63) is 18.1 Å². The fourth-order valence-corrected chi connectivity index (χ4v) is 2.49. The highest BCUT2D eigenvalue weighted by molar-refractivity contribution is 5.40. The second-order valence-electron chi connectivity index (χ2n) is 5.24. The van der Waals surface area contributed by atoms with Crippen LogP contribution in [0.3, 0.4) is 0 Å². The summed E-state index contributed by atoms with van der Waals surface area (Å²) >= 11 is 0. The zero-order valence-electron chi connectivity index (χ0n) is 10.4. The first-order valence-corrected chi connectivity index (χ1v) is 6.58. The van der Waals surface area contributed by atoms with Gasteiger partial charge in [-0.1, -0.05) is 0 Å². The van der Waals surface area contributed by atoms with Crippen LogP contribution in [-0.4, -0.2) is 36.1 Å². The minimum absolute atomic E-state index is 0.608. The number of hydrogen-bond acceptors (Lipinski definition) is 4. The molecule has 92 valence electrons. The molecule has 1 saturated heterocycles. The van der Waals surface area contributed by atoms with E-state index in [0.29, 0.717) is 6.04 Å². The highest BCUT2D eigenvalue weighted by atomic mass is 15.2. The molecular formula is C13H20N4. The zero-order valence-corrected chi connectivity index (χ0v) is 10.4. The Morgan fingerprint density at radius 3 is 2.94 bits per heavy atom. The molecule has 17 heavy (non-hydrogen) atoms. The van der Waals surface area contributed by atoms with Crippen LogP contribution >= 0.6 is 0 Å². The number of nitrogens with one attached hydrogen (secondary N) is 1. The molecular weight excluding hydrogens is 212 g/mol. The van der Waals surface area contributed by atoms with Gasteiger partial charge < -0.3 is 10.2 Å². The Kier molecular flexibility index (Phi) is 2.97. The molecule has 2 fully saturated rings. The molecule has 0 unspecified atom stereocenters. The fourth-order valence-electron chi connectivity index (χ4n) is 2.49. The van der Waals surface area contributed by atoms with Gasteiger partial charge in [0, 0.05) is 30.9 Å². The van der Waals surface area contributed by atoms with Crippen molar-refractivity contribution in [1.82, 2.24) is 15.3 Å². The van der Waals surface area contributed by atoms with E-state index in [2.05, 4.69) is 26.3 Å². The average molecular weight is 232 g/mol. The smallest absolute Gasteiger partial charge is 0.132 e. The second-order valence-corrected chi connectivity index (χ2v) is 5.24. The summed E-state index contributed by atoms with van der Waals surface area (Å²) in [5.41, 5.74) is 1.21. The minimum atomic E-state index is 0.608. The summed E-state index contributed by atoms with van der Waals surface area (Å²) < 4.78 is 0. The predicted octanol–water partition coefficient (Wildman–Crippen LogP) is 1.23. The Labute approximate surface area is 102 Å². The third kappa shape index (κ3) is 2.57. The first kappa shape index (κ1) is 11.0. The van der Waals surface area contributed by atoms with Gasteiger partial charge in [-0.05, 0) is 38.6 Å². The van der Waals surface area contributed by atoms with Gasteiger partial charge >= 0.3 is 0 Å². The zero-order chi connectivity index (χ0) is 11.7. The number of nitrogens with zero attached hydrogens (tertiary/aromatic N) is 3. The summed E-state index contributed by atoms with van der Waals surface area (Å²) in [4.78, 5) is 11.1. The van der Waals surface area contributed by atoms with Gasteiger partial charge in [0.1, 0.15) is 12.1 Å². The molecule has 1 aromatic heterocycles. The van der Waals surface area contributed by atoms with Crippen molar-refractivity contribution in [2.24, 2.45) is 5.92 Å². The topological polar surface area (TPSA) is 41.0 Å². The van der Waals surface area contributed by atoms with Gasteiger partial charge in [0.15, 0.2) is 0 Å². The van der Waals surface area contributed by atoms with Gasteiger partial charge in [-0.15, -0.1) is 0 Å². The molecule has 4 heteroatoms. The Bertz CT molecular complexity index is 389. The quantitative estimate of drug-likeness (QED) is 0.847. The molecule has 0 bridgehead atoms. The van der Waals surface area contributed by atoms with E-state index in [-0.39, 0.29) is 0 Å². The maximum atomic E-state index is 4.40. The lowest BCUT2D eigenvalue weighted by Crippen LogP contribution is -2.29. The molecule has 1 aromatic rings. The first-order chi connectivity index (χ1) is 8.35. The molecule has 0 amide bonds. The van der Waals surface area contributed by atoms with E-state index in [1.807, 2.05) is 7.05 Å². The van der Waals surface area contributed by atoms with Gasteiger partial charge in [0.2, 0.25) is 0 Å². The molecule has 3 rings (SSSR count). The average Bonchev–Trinajstić information content (AvgIpc) is 3.04. The maximum absolute atomic E-state index is 4.40. The maximum Gasteiger partial charge on any atom is 0.132 e. The predicted molar refractivity (Wildman–Crippen MR) is 68.1 cm³/mol. The molecule has 2 heterocycles. The molecule has 1 aliphatic heterocycles. The van der Waals surface area contributed by atoms with Crippen LogP contribution in [0.15, 0.2) is 12.4 Å². The highest BCUT2D eigenvalue weighted by Crippen LogP contribution is 2.32. The number of hydrogen-bond donors (Lipinski definition) is 1. The van der Waals surface area contributed by atoms with Crippen molar-refractivity contribution in [2.45, 2.75) is 31.7 Å². The molecule has 0 aromatic carbocycles. The Balaban J connectivity index is 1.69. The molecule has 1 saturated carbocycles. The normalized spacial score (nSPS) is 24.3. The van der Waals surface area contributed by atoms with E-state index >= 15 is 0 Å². The molecule has 4 nitrogen and oxygen atoms in total. The first-order valence-electron chi connectivity index (χ1n) is 6.58. The number of anilines is 1. The number of aromatic nitrogens is 2. The van der Waals surface area contributed by atoms with E-state index in [1.54, 1.807) is 6.33 Å². The van der Waals surface area contributed by atoms with Crippen LogP contribution in [0.2, 0.25) is 0 Å². The van der Waals surface area contributed by atoms with Crippen molar-refractivity contribution in [2.75, 3.05) is 25.0 Å². The third-order valence-corrected chi connectivity index (χ3v) is 3.82. The van der Waals surface area contributed by atoms with Crippen LogP contribution in [0.4, 0.5) is 5.82 Å². The van der Waals surface area contributed by atoms with Gasteiger partial charge in [-0.3, -0.25) is 0 Å². The molecule has 1 aliphatic carbocycles. The molecule has 0 radical (unpaired) electrons. The van der Waals surface area contributed by atoms with E-state index in [4.69, 9.17) is 0 Å². The van der Waals surface area contributed by atoms with Crippen LogP contribution < -0.4 is 10.2 Å². The van der Waals surface area contributed by atoms with Gasteiger partial charge in [-0.25, -0.2) is 9.97 Å².